The van der Waals surface area contributed by atoms with Crippen LogP contribution in [0.25, 0.3) is 0 Å². The maximum absolute atomic E-state index is 11.2. The lowest BCUT2D eigenvalue weighted by Gasteiger charge is -2.21. The fourth-order valence-corrected chi connectivity index (χ4v) is 2.12. The van der Waals surface area contributed by atoms with E-state index in [2.05, 4.69) is 11.8 Å². The molecule has 0 aromatic heterocycles. The lowest BCUT2D eigenvalue weighted by molar-refractivity contribution is -0.121. The molecule has 0 saturated carbocycles. The van der Waals surface area contributed by atoms with Gasteiger partial charge in [0.25, 0.3) is 0 Å². The minimum Gasteiger partial charge on any atom is -0.298 e. The van der Waals surface area contributed by atoms with Crippen molar-refractivity contribution in [2.24, 2.45) is 0 Å². The average molecular weight is 183 g/mol. The molecular weight excluding hydrogens is 162 g/mol. The van der Waals surface area contributed by atoms with Crippen LogP contribution in [-0.2, 0) is 4.79 Å². The van der Waals surface area contributed by atoms with Crippen molar-refractivity contribution in [1.82, 2.24) is 4.90 Å². The maximum Gasteiger partial charge on any atom is 0.146 e. The fraction of sp³-hybridized carbons (Fsp3) is 0.909. The molecule has 0 unspecified atom stereocenters. The van der Waals surface area contributed by atoms with Gasteiger partial charge in [0.2, 0.25) is 0 Å². The second kappa shape index (κ2) is 5.38. The van der Waals surface area contributed by atoms with Crippen LogP contribution in [0.1, 0.15) is 46.0 Å². The molecule has 0 aromatic rings. The zero-order valence-electron chi connectivity index (χ0n) is 8.88. The second-order valence-electron chi connectivity index (χ2n) is 4.01. The van der Waals surface area contributed by atoms with Crippen molar-refractivity contribution >= 4 is 5.78 Å². The molecule has 13 heavy (non-hydrogen) atoms. The Morgan fingerprint density at radius 1 is 1.46 bits per heavy atom. The van der Waals surface area contributed by atoms with E-state index in [-0.39, 0.29) is 6.04 Å². The third-order valence-corrected chi connectivity index (χ3v) is 2.88. The molecule has 1 saturated heterocycles. The van der Waals surface area contributed by atoms with E-state index in [0.29, 0.717) is 5.78 Å². The Morgan fingerprint density at radius 3 is 2.85 bits per heavy atom. The van der Waals surface area contributed by atoms with Crippen LogP contribution in [-0.4, -0.2) is 29.8 Å². The summed E-state index contributed by atoms with van der Waals surface area (Å²) in [6.07, 6.45) is 6.10. The highest BCUT2D eigenvalue weighted by molar-refractivity contribution is 5.81. The number of Topliss-reactive ketones (excluding diaryl/α,β-unsaturated/α-hetero) is 1. The fourth-order valence-electron chi connectivity index (χ4n) is 2.12. The second-order valence-corrected chi connectivity index (χ2v) is 4.01. The van der Waals surface area contributed by atoms with E-state index in [9.17, 15) is 4.79 Å². The number of likely N-dealkylation sites (tertiary alicyclic amines) is 1. The summed E-state index contributed by atoms with van der Waals surface area (Å²) in [5.41, 5.74) is 0. The van der Waals surface area contributed by atoms with Gasteiger partial charge >= 0.3 is 0 Å². The Kier molecular flexibility index (Phi) is 4.43. The lowest BCUT2D eigenvalue weighted by atomic mass is 10.1. The lowest BCUT2D eigenvalue weighted by Crippen LogP contribution is -2.35. The summed E-state index contributed by atoms with van der Waals surface area (Å²) >= 11 is 0. The molecule has 0 radical (unpaired) electrons. The molecule has 0 amide bonds. The summed E-state index contributed by atoms with van der Waals surface area (Å²) in [4.78, 5) is 13.6. The average Bonchev–Trinajstić information content (AvgIpc) is 2.53. The van der Waals surface area contributed by atoms with E-state index in [4.69, 9.17) is 0 Å². The largest absolute Gasteiger partial charge is 0.298 e. The Hall–Kier alpha value is -0.370. The van der Waals surface area contributed by atoms with Gasteiger partial charge in [-0.05, 0) is 39.3 Å². The molecule has 0 aliphatic carbocycles. The van der Waals surface area contributed by atoms with Crippen LogP contribution >= 0.6 is 0 Å². The highest BCUT2D eigenvalue weighted by atomic mass is 16.1. The van der Waals surface area contributed by atoms with Gasteiger partial charge in [-0.2, -0.15) is 0 Å². The Bertz CT molecular complexity index is 167. The maximum atomic E-state index is 11.2. The molecular formula is C11H21NO. The Balaban J connectivity index is 2.27. The molecule has 0 N–H and O–H groups in total. The predicted molar refractivity (Wildman–Crippen MR) is 54.8 cm³/mol. The van der Waals surface area contributed by atoms with Crippen molar-refractivity contribution < 1.29 is 4.79 Å². The first-order chi connectivity index (χ1) is 6.25. The van der Waals surface area contributed by atoms with Crippen LogP contribution in [0, 0.1) is 0 Å². The molecule has 1 fully saturated rings. The number of ketones is 1. The van der Waals surface area contributed by atoms with E-state index < -0.39 is 0 Å². The van der Waals surface area contributed by atoms with Crippen LogP contribution in [0.4, 0.5) is 0 Å². The number of hydrogen-bond donors (Lipinski definition) is 0. The van der Waals surface area contributed by atoms with Gasteiger partial charge in [0.1, 0.15) is 5.78 Å². The summed E-state index contributed by atoms with van der Waals surface area (Å²) in [7, 11) is 0. The van der Waals surface area contributed by atoms with Crippen molar-refractivity contribution in [3.63, 3.8) is 0 Å². The number of rotatable bonds is 5. The summed E-state index contributed by atoms with van der Waals surface area (Å²) in [5.74, 6) is 0.356. The first kappa shape index (κ1) is 10.7. The number of carbonyl (C=O) groups is 1. The first-order valence-corrected chi connectivity index (χ1v) is 5.50. The SMILES string of the molecule is CCCCCN1CCC[C@@H]1C(C)=O. The van der Waals surface area contributed by atoms with Gasteiger partial charge in [0.05, 0.1) is 6.04 Å². The van der Waals surface area contributed by atoms with E-state index in [1.807, 2.05) is 0 Å². The first-order valence-electron chi connectivity index (χ1n) is 5.50. The molecule has 1 aliphatic heterocycles. The van der Waals surface area contributed by atoms with Crippen LogP contribution in [0.3, 0.4) is 0 Å². The number of hydrogen-bond acceptors (Lipinski definition) is 2. The molecule has 0 spiro atoms. The molecule has 0 bridgehead atoms. The third kappa shape index (κ3) is 3.11. The molecule has 2 nitrogen and oxygen atoms in total. The van der Waals surface area contributed by atoms with Gasteiger partial charge in [-0.25, -0.2) is 0 Å². The zero-order chi connectivity index (χ0) is 9.68. The standard InChI is InChI=1S/C11H21NO/c1-3-4-5-8-12-9-6-7-11(12)10(2)13/h11H,3-9H2,1-2H3/t11-/m1/s1. The Morgan fingerprint density at radius 2 is 2.23 bits per heavy atom. The van der Waals surface area contributed by atoms with Crippen molar-refractivity contribution in [1.29, 1.82) is 0 Å². The van der Waals surface area contributed by atoms with Crippen LogP contribution in [0.2, 0.25) is 0 Å². The van der Waals surface area contributed by atoms with Gasteiger partial charge in [-0.3, -0.25) is 9.69 Å². The number of nitrogens with zero attached hydrogens (tertiary/aromatic N) is 1. The van der Waals surface area contributed by atoms with Crippen LogP contribution < -0.4 is 0 Å². The van der Waals surface area contributed by atoms with Gasteiger partial charge < -0.3 is 0 Å². The molecule has 1 aliphatic rings. The van der Waals surface area contributed by atoms with E-state index >= 15 is 0 Å². The summed E-state index contributed by atoms with van der Waals surface area (Å²) in [6, 6.07) is 0.247. The van der Waals surface area contributed by atoms with E-state index in [1.54, 1.807) is 6.92 Å². The molecule has 1 atom stereocenters. The van der Waals surface area contributed by atoms with Crippen molar-refractivity contribution in [2.75, 3.05) is 13.1 Å². The van der Waals surface area contributed by atoms with Crippen molar-refractivity contribution in [2.45, 2.75) is 52.0 Å². The number of unbranched alkanes of at least 4 members (excludes halogenated alkanes) is 2. The van der Waals surface area contributed by atoms with Crippen molar-refractivity contribution in [3.8, 4) is 0 Å². The molecule has 2 heteroatoms. The van der Waals surface area contributed by atoms with E-state index in [0.717, 1.165) is 19.5 Å². The Labute approximate surface area is 81.3 Å². The molecule has 76 valence electrons. The summed E-state index contributed by atoms with van der Waals surface area (Å²) in [5, 5.41) is 0. The highest BCUT2D eigenvalue weighted by Crippen LogP contribution is 2.18. The predicted octanol–water partition coefficient (Wildman–Crippen LogP) is 2.23. The minimum atomic E-state index is 0.247. The molecule has 1 rings (SSSR count). The topological polar surface area (TPSA) is 20.3 Å². The minimum absolute atomic E-state index is 0.247. The van der Waals surface area contributed by atoms with Gasteiger partial charge in [0, 0.05) is 0 Å². The monoisotopic (exact) mass is 183 g/mol. The molecule has 1 heterocycles. The third-order valence-electron chi connectivity index (χ3n) is 2.88. The van der Waals surface area contributed by atoms with Gasteiger partial charge in [-0.15, -0.1) is 0 Å². The van der Waals surface area contributed by atoms with Gasteiger partial charge in [-0.1, -0.05) is 19.8 Å². The number of carbonyl (C=O) groups excluding carboxylic acids is 1. The van der Waals surface area contributed by atoms with Crippen LogP contribution in [0.5, 0.6) is 0 Å². The quantitative estimate of drug-likeness (QED) is 0.609. The van der Waals surface area contributed by atoms with Crippen LogP contribution in [0.15, 0.2) is 0 Å². The molecule has 0 aromatic carbocycles. The van der Waals surface area contributed by atoms with E-state index in [1.165, 1.54) is 25.7 Å². The summed E-state index contributed by atoms with van der Waals surface area (Å²) in [6.45, 7) is 6.20. The summed E-state index contributed by atoms with van der Waals surface area (Å²) < 4.78 is 0. The smallest absolute Gasteiger partial charge is 0.146 e. The van der Waals surface area contributed by atoms with Gasteiger partial charge in [0.15, 0.2) is 0 Å². The highest BCUT2D eigenvalue weighted by Gasteiger charge is 2.26. The van der Waals surface area contributed by atoms with Crippen molar-refractivity contribution in [3.05, 3.63) is 0 Å². The normalized spacial score (nSPS) is 23.7. The zero-order valence-corrected chi connectivity index (χ0v) is 8.88.